The average molecular weight is 385 g/mol. The number of nitrogens with zero attached hydrogens (tertiary/aromatic N) is 2. The first-order valence-electron chi connectivity index (χ1n) is 8.68. The fraction of sp³-hybridized carbons (Fsp3) is 0.647. The number of fused-ring (bicyclic) bond motifs is 2. The molecule has 4 rings (SSSR count). The van der Waals surface area contributed by atoms with Crippen LogP contribution in [0.4, 0.5) is 0 Å². The van der Waals surface area contributed by atoms with Crippen LogP contribution in [0.3, 0.4) is 0 Å². The van der Waals surface area contributed by atoms with Gasteiger partial charge in [-0.25, -0.2) is 4.98 Å². The number of ether oxygens (including phenoxy) is 1. The highest BCUT2D eigenvalue weighted by Gasteiger charge is 2.35. The smallest absolute Gasteiger partial charge is 0.223 e. The Morgan fingerprint density at radius 3 is 3.12 bits per heavy atom. The summed E-state index contributed by atoms with van der Waals surface area (Å²) in [6.07, 6.45) is 5.06. The topological polar surface area (TPSA) is 67.7 Å². The first kappa shape index (κ1) is 18.6. The number of rotatable bonds is 3. The van der Waals surface area contributed by atoms with Crippen LogP contribution in [-0.2, 0) is 16.1 Å². The number of hydrogen-bond acceptors (Lipinski definition) is 5. The third-order valence-corrected chi connectivity index (χ3v) is 6.35. The van der Waals surface area contributed by atoms with Crippen LogP contribution in [0.5, 0.6) is 0 Å². The molecule has 0 unspecified atom stereocenters. The van der Waals surface area contributed by atoms with E-state index < -0.39 is 0 Å². The molecular formula is C17H25ClN4O2S. The molecule has 2 N–H and O–H groups in total. The van der Waals surface area contributed by atoms with Crippen molar-refractivity contribution in [3.8, 4) is 0 Å². The van der Waals surface area contributed by atoms with Gasteiger partial charge in [0.05, 0.1) is 24.9 Å². The van der Waals surface area contributed by atoms with Crippen LogP contribution in [0.1, 0.15) is 35.5 Å². The molecule has 1 amide bonds. The molecule has 138 valence electrons. The molecule has 25 heavy (non-hydrogen) atoms. The van der Waals surface area contributed by atoms with Crippen LogP contribution in [0.25, 0.3) is 4.96 Å². The number of carbonyl (C=O) groups excluding carboxylic acids is 1. The molecule has 8 heteroatoms. The minimum absolute atomic E-state index is 0. The van der Waals surface area contributed by atoms with Gasteiger partial charge in [0.1, 0.15) is 0 Å². The predicted molar refractivity (Wildman–Crippen MR) is 101 cm³/mol. The monoisotopic (exact) mass is 384 g/mol. The van der Waals surface area contributed by atoms with Crippen molar-refractivity contribution in [2.24, 2.45) is 5.92 Å². The molecule has 0 radical (unpaired) electrons. The summed E-state index contributed by atoms with van der Waals surface area (Å²) in [4.78, 5) is 19.4. The molecule has 2 aliphatic rings. The van der Waals surface area contributed by atoms with Crippen molar-refractivity contribution in [2.45, 2.75) is 51.8 Å². The lowest BCUT2D eigenvalue weighted by Gasteiger charge is -2.39. The Kier molecular flexibility index (Phi) is 5.68. The molecule has 6 nitrogen and oxygen atoms in total. The maximum Gasteiger partial charge on any atom is 0.223 e. The zero-order chi connectivity index (χ0) is 16.7. The Hall–Kier alpha value is -1.15. The Labute approximate surface area is 157 Å². The third kappa shape index (κ3) is 3.69. The van der Waals surface area contributed by atoms with Gasteiger partial charge in [0, 0.05) is 35.3 Å². The molecule has 1 saturated carbocycles. The molecule has 1 aliphatic carbocycles. The quantitative estimate of drug-likeness (QED) is 0.851. The number of nitrogens with one attached hydrogen (secondary N) is 2. The fourth-order valence-electron chi connectivity index (χ4n) is 3.76. The summed E-state index contributed by atoms with van der Waals surface area (Å²) in [5, 5.41) is 6.56. The van der Waals surface area contributed by atoms with E-state index in [1.165, 1.54) is 10.6 Å². The summed E-state index contributed by atoms with van der Waals surface area (Å²) in [6.45, 7) is 6.38. The van der Waals surface area contributed by atoms with E-state index >= 15 is 0 Å². The Morgan fingerprint density at radius 1 is 1.48 bits per heavy atom. The molecule has 3 heterocycles. The molecule has 0 spiro atoms. The molecule has 0 bridgehead atoms. The second kappa shape index (κ2) is 7.61. The molecule has 2 aromatic heterocycles. The van der Waals surface area contributed by atoms with E-state index in [9.17, 15) is 4.79 Å². The van der Waals surface area contributed by atoms with Crippen molar-refractivity contribution < 1.29 is 9.53 Å². The van der Waals surface area contributed by atoms with Crippen LogP contribution in [0.2, 0.25) is 0 Å². The lowest BCUT2D eigenvalue weighted by Crippen LogP contribution is -2.53. The van der Waals surface area contributed by atoms with Gasteiger partial charge < -0.3 is 15.4 Å². The van der Waals surface area contributed by atoms with E-state index in [-0.39, 0.29) is 30.3 Å². The molecular weight excluding hydrogens is 360 g/mol. The van der Waals surface area contributed by atoms with Gasteiger partial charge in [-0.1, -0.05) is 0 Å². The third-order valence-electron chi connectivity index (χ3n) is 5.28. The summed E-state index contributed by atoms with van der Waals surface area (Å²) in [5.41, 5.74) is 2.15. The van der Waals surface area contributed by atoms with E-state index in [1.54, 1.807) is 11.3 Å². The predicted octanol–water partition coefficient (Wildman–Crippen LogP) is 2.21. The number of carbonyl (C=O) groups is 1. The molecule has 2 aromatic rings. The van der Waals surface area contributed by atoms with Crippen LogP contribution in [0.15, 0.2) is 6.20 Å². The minimum Gasteiger partial charge on any atom is -0.375 e. The average Bonchev–Trinajstić information content (AvgIpc) is 3.11. The van der Waals surface area contributed by atoms with Gasteiger partial charge in [-0.05, 0) is 33.1 Å². The molecule has 2 fully saturated rings. The minimum atomic E-state index is 0. The molecule has 1 saturated heterocycles. The summed E-state index contributed by atoms with van der Waals surface area (Å²) in [7, 11) is 0. The van der Waals surface area contributed by atoms with Crippen LogP contribution >= 0.6 is 23.7 Å². The number of aromatic nitrogens is 2. The maximum atomic E-state index is 12.5. The first-order valence-corrected chi connectivity index (χ1v) is 9.50. The van der Waals surface area contributed by atoms with Crippen molar-refractivity contribution in [3.63, 3.8) is 0 Å². The molecule has 3 atom stereocenters. The fourth-order valence-corrected chi connectivity index (χ4v) is 4.73. The van der Waals surface area contributed by atoms with Crippen molar-refractivity contribution >= 4 is 34.6 Å². The van der Waals surface area contributed by atoms with Gasteiger partial charge in [-0.3, -0.25) is 9.20 Å². The largest absolute Gasteiger partial charge is 0.375 e. The van der Waals surface area contributed by atoms with Gasteiger partial charge in [-0.15, -0.1) is 23.7 Å². The van der Waals surface area contributed by atoms with Crippen molar-refractivity contribution in [1.29, 1.82) is 0 Å². The van der Waals surface area contributed by atoms with Crippen LogP contribution in [-0.4, -0.2) is 40.6 Å². The maximum absolute atomic E-state index is 12.5. The molecule has 1 aliphatic heterocycles. The zero-order valence-electron chi connectivity index (χ0n) is 14.6. The summed E-state index contributed by atoms with van der Waals surface area (Å²) >= 11 is 1.69. The summed E-state index contributed by atoms with van der Waals surface area (Å²) in [5.74, 6) is 0.221. The summed E-state index contributed by atoms with van der Waals surface area (Å²) < 4.78 is 7.89. The highest BCUT2D eigenvalue weighted by atomic mass is 35.5. The number of halogens is 1. The lowest BCUT2D eigenvalue weighted by atomic mass is 9.82. The highest BCUT2D eigenvalue weighted by molar-refractivity contribution is 7.17. The van der Waals surface area contributed by atoms with E-state index in [0.29, 0.717) is 12.6 Å². The Bertz CT molecular complexity index is 759. The number of amides is 1. The summed E-state index contributed by atoms with van der Waals surface area (Å²) in [6, 6.07) is 0.326. The zero-order valence-corrected chi connectivity index (χ0v) is 16.2. The Balaban J connectivity index is 0.00000182. The SMILES string of the molecule is Cc1sc2nc(CNC(=O)[C@H]3CC[C@H]4OCCN[C@@H]4C3)cn2c1C.Cl. The number of imidazole rings is 1. The van der Waals surface area contributed by atoms with Crippen molar-refractivity contribution in [1.82, 2.24) is 20.0 Å². The number of hydrogen-bond donors (Lipinski definition) is 2. The number of aryl methyl sites for hydroxylation is 2. The van der Waals surface area contributed by atoms with E-state index in [0.717, 1.165) is 43.1 Å². The lowest BCUT2D eigenvalue weighted by molar-refractivity contribution is -0.128. The van der Waals surface area contributed by atoms with Gasteiger partial charge >= 0.3 is 0 Å². The van der Waals surface area contributed by atoms with Crippen molar-refractivity contribution in [3.05, 3.63) is 22.5 Å². The first-order chi connectivity index (χ1) is 11.6. The normalized spacial score (nSPS) is 26.1. The van der Waals surface area contributed by atoms with Crippen LogP contribution < -0.4 is 10.6 Å². The van der Waals surface area contributed by atoms with Gasteiger partial charge in [0.15, 0.2) is 4.96 Å². The van der Waals surface area contributed by atoms with Gasteiger partial charge in [0.2, 0.25) is 5.91 Å². The van der Waals surface area contributed by atoms with Gasteiger partial charge in [-0.2, -0.15) is 0 Å². The second-order valence-electron chi connectivity index (χ2n) is 6.83. The highest BCUT2D eigenvalue weighted by Crippen LogP contribution is 2.28. The van der Waals surface area contributed by atoms with Gasteiger partial charge in [0.25, 0.3) is 0 Å². The number of morpholine rings is 1. The van der Waals surface area contributed by atoms with E-state index in [2.05, 4.69) is 33.9 Å². The standard InChI is InChI=1S/C17H24N4O2S.ClH/c1-10-11(2)24-17-20-13(9-21(10)17)8-19-16(22)12-3-4-15-14(7-12)18-5-6-23-15;/h9,12,14-15,18H,3-8H2,1-2H3,(H,19,22);1H/t12-,14+,15+;/m0./s1. The van der Waals surface area contributed by atoms with E-state index in [4.69, 9.17) is 4.74 Å². The van der Waals surface area contributed by atoms with E-state index in [1.807, 2.05) is 6.20 Å². The van der Waals surface area contributed by atoms with Crippen molar-refractivity contribution in [2.75, 3.05) is 13.2 Å². The Morgan fingerprint density at radius 2 is 2.32 bits per heavy atom. The second-order valence-corrected chi connectivity index (χ2v) is 8.01. The molecule has 0 aromatic carbocycles. The number of thiazole rings is 1. The van der Waals surface area contributed by atoms with Crippen LogP contribution in [0, 0.1) is 19.8 Å².